The van der Waals surface area contributed by atoms with Crippen molar-refractivity contribution in [3.8, 4) is 0 Å². The molecule has 1 fully saturated rings. The van der Waals surface area contributed by atoms with E-state index in [1.54, 1.807) is 23.7 Å². The zero-order chi connectivity index (χ0) is 19.6. The van der Waals surface area contributed by atoms with Gasteiger partial charge in [-0.1, -0.05) is 18.2 Å². The van der Waals surface area contributed by atoms with E-state index in [0.29, 0.717) is 22.4 Å². The molecule has 1 aromatic carbocycles. The standard InChI is InChI=1S/C18H17N5O5/c1-21-14-13(15(24)22(2)17(21)26)23(9-19-14)7-10-8-27-18(28-10)11-5-3-4-6-12(11)20-16(18)25/h3-6,9-10H,7-8H2,1-2H3,(H,20,25). The van der Waals surface area contributed by atoms with Gasteiger partial charge >= 0.3 is 5.69 Å². The summed E-state index contributed by atoms with van der Waals surface area (Å²) in [6.07, 6.45) is 1.01. The number of nitrogens with one attached hydrogen (secondary N) is 1. The fourth-order valence-corrected chi connectivity index (χ4v) is 3.82. The van der Waals surface area contributed by atoms with E-state index in [1.165, 1.54) is 17.9 Å². The lowest BCUT2D eigenvalue weighted by molar-refractivity contribution is -0.184. The first-order valence-corrected chi connectivity index (χ1v) is 8.76. The van der Waals surface area contributed by atoms with E-state index >= 15 is 0 Å². The topological polar surface area (TPSA) is 109 Å². The molecule has 1 amide bonds. The second kappa shape index (κ2) is 5.63. The van der Waals surface area contributed by atoms with Crippen molar-refractivity contribution in [2.75, 3.05) is 11.9 Å². The van der Waals surface area contributed by atoms with Crippen LogP contribution in [0.15, 0.2) is 40.2 Å². The highest BCUT2D eigenvalue weighted by Crippen LogP contribution is 2.43. The molecule has 2 atom stereocenters. The van der Waals surface area contributed by atoms with E-state index in [1.807, 2.05) is 12.1 Å². The number of benzene rings is 1. The van der Waals surface area contributed by atoms with Crippen molar-refractivity contribution in [3.63, 3.8) is 0 Å². The van der Waals surface area contributed by atoms with Crippen LogP contribution in [0.2, 0.25) is 0 Å². The molecule has 0 saturated carbocycles. The van der Waals surface area contributed by atoms with Gasteiger partial charge in [-0.25, -0.2) is 9.78 Å². The summed E-state index contributed by atoms with van der Waals surface area (Å²) in [5.41, 5.74) is 1.01. The first kappa shape index (κ1) is 16.9. The summed E-state index contributed by atoms with van der Waals surface area (Å²) in [7, 11) is 2.98. The number of ether oxygens (including phenoxy) is 2. The maximum atomic E-state index is 12.6. The molecular weight excluding hydrogens is 366 g/mol. The minimum absolute atomic E-state index is 0.174. The maximum Gasteiger partial charge on any atom is 0.332 e. The third-order valence-electron chi connectivity index (χ3n) is 5.25. The van der Waals surface area contributed by atoms with Gasteiger partial charge in [0.2, 0.25) is 0 Å². The van der Waals surface area contributed by atoms with Crippen LogP contribution in [-0.4, -0.2) is 37.3 Å². The molecule has 1 spiro atoms. The van der Waals surface area contributed by atoms with Gasteiger partial charge in [0.05, 0.1) is 25.2 Å². The first-order chi connectivity index (χ1) is 13.4. The van der Waals surface area contributed by atoms with Crippen molar-refractivity contribution in [3.05, 3.63) is 57.0 Å². The number of imidazole rings is 1. The highest BCUT2D eigenvalue weighted by atomic mass is 16.8. The quantitative estimate of drug-likeness (QED) is 0.648. The number of anilines is 1. The summed E-state index contributed by atoms with van der Waals surface area (Å²) >= 11 is 0. The van der Waals surface area contributed by atoms with Crippen molar-refractivity contribution >= 4 is 22.8 Å². The Hall–Kier alpha value is -3.24. The molecule has 10 nitrogen and oxygen atoms in total. The Morgan fingerprint density at radius 1 is 1.21 bits per heavy atom. The third-order valence-corrected chi connectivity index (χ3v) is 5.25. The third kappa shape index (κ3) is 2.09. The van der Waals surface area contributed by atoms with Crippen LogP contribution in [-0.2, 0) is 40.7 Å². The highest BCUT2D eigenvalue weighted by molar-refractivity contribution is 6.04. The lowest BCUT2D eigenvalue weighted by atomic mass is 10.1. The summed E-state index contributed by atoms with van der Waals surface area (Å²) in [5, 5.41) is 2.77. The van der Waals surface area contributed by atoms with Crippen molar-refractivity contribution in [2.24, 2.45) is 14.1 Å². The number of aromatic nitrogens is 4. The Labute approximate surface area is 157 Å². The smallest absolute Gasteiger partial charge is 0.332 e. The van der Waals surface area contributed by atoms with Gasteiger partial charge in [-0.3, -0.25) is 18.7 Å². The van der Waals surface area contributed by atoms with Crippen LogP contribution in [0.4, 0.5) is 5.69 Å². The number of carbonyl (C=O) groups excluding carboxylic acids is 1. The second-order valence-corrected chi connectivity index (χ2v) is 6.94. The van der Waals surface area contributed by atoms with E-state index in [2.05, 4.69) is 10.3 Å². The second-order valence-electron chi connectivity index (χ2n) is 6.94. The number of carbonyl (C=O) groups is 1. The maximum absolute atomic E-state index is 12.6. The number of aryl methyl sites for hydroxylation is 1. The molecular formula is C18H17N5O5. The van der Waals surface area contributed by atoms with Crippen LogP contribution in [0.3, 0.4) is 0 Å². The van der Waals surface area contributed by atoms with E-state index in [-0.39, 0.29) is 19.1 Å². The number of para-hydroxylation sites is 1. The molecule has 2 unspecified atom stereocenters. The number of hydrogen-bond donors (Lipinski definition) is 1. The molecule has 0 bridgehead atoms. The van der Waals surface area contributed by atoms with Crippen LogP contribution >= 0.6 is 0 Å². The summed E-state index contributed by atoms with van der Waals surface area (Å²) in [6.45, 7) is 0.425. The monoisotopic (exact) mass is 383 g/mol. The molecule has 1 N–H and O–H groups in total. The van der Waals surface area contributed by atoms with Gasteiger partial charge in [0.15, 0.2) is 11.2 Å². The minimum Gasteiger partial charge on any atom is -0.336 e. The van der Waals surface area contributed by atoms with E-state index in [4.69, 9.17) is 9.47 Å². The molecule has 5 rings (SSSR count). The van der Waals surface area contributed by atoms with E-state index in [9.17, 15) is 14.4 Å². The van der Waals surface area contributed by atoms with Crippen LogP contribution in [0, 0.1) is 0 Å². The Balaban J connectivity index is 1.51. The SMILES string of the molecule is Cn1c(=O)c2c(ncn2CC2COC3(O2)C(=O)Nc2ccccc23)n(C)c1=O. The molecule has 4 heterocycles. The number of fused-ring (bicyclic) bond motifs is 3. The zero-order valence-electron chi connectivity index (χ0n) is 15.2. The van der Waals surface area contributed by atoms with Crippen molar-refractivity contribution in [1.29, 1.82) is 0 Å². The highest BCUT2D eigenvalue weighted by Gasteiger charge is 2.55. The predicted molar refractivity (Wildman–Crippen MR) is 97.8 cm³/mol. The van der Waals surface area contributed by atoms with Gasteiger partial charge in [0.25, 0.3) is 17.3 Å². The largest absolute Gasteiger partial charge is 0.336 e. The fourth-order valence-electron chi connectivity index (χ4n) is 3.82. The average Bonchev–Trinajstić information content (AvgIpc) is 3.37. The van der Waals surface area contributed by atoms with Gasteiger partial charge in [-0.15, -0.1) is 0 Å². The predicted octanol–water partition coefficient (Wildman–Crippen LogP) is -0.346. The van der Waals surface area contributed by atoms with Crippen LogP contribution in [0.5, 0.6) is 0 Å². The summed E-state index contributed by atoms with van der Waals surface area (Å²) < 4.78 is 15.8. The lowest BCUT2D eigenvalue weighted by Gasteiger charge is -2.20. The van der Waals surface area contributed by atoms with E-state index in [0.717, 1.165) is 4.57 Å². The van der Waals surface area contributed by atoms with Crippen LogP contribution < -0.4 is 16.6 Å². The Morgan fingerprint density at radius 2 is 2.00 bits per heavy atom. The van der Waals surface area contributed by atoms with Crippen LogP contribution in [0.25, 0.3) is 11.2 Å². The average molecular weight is 383 g/mol. The fraction of sp³-hybridized carbons (Fsp3) is 0.333. The Kier molecular flexibility index (Phi) is 3.40. The Morgan fingerprint density at radius 3 is 2.82 bits per heavy atom. The molecule has 28 heavy (non-hydrogen) atoms. The molecule has 2 aliphatic heterocycles. The van der Waals surface area contributed by atoms with Gasteiger partial charge in [0.1, 0.15) is 6.10 Å². The summed E-state index contributed by atoms with van der Waals surface area (Å²) in [5.74, 6) is -1.85. The summed E-state index contributed by atoms with van der Waals surface area (Å²) in [6, 6.07) is 7.21. The zero-order valence-corrected chi connectivity index (χ0v) is 15.2. The number of nitrogens with zero attached hydrogens (tertiary/aromatic N) is 4. The van der Waals surface area contributed by atoms with E-state index < -0.39 is 23.1 Å². The van der Waals surface area contributed by atoms with Gasteiger partial charge < -0.3 is 19.4 Å². The number of hydrogen-bond acceptors (Lipinski definition) is 6. The minimum atomic E-state index is -1.48. The molecule has 10 heteroatoms. The van der Waals surface area contributed by atoms with Crippen molar-refractivity contribution < 1.29 is 14.3 Å². The number of rotatable bonds is 2. The molecule has 2 aromatic heterocycles. The molecule has 3 aromatic rings. The van der Waals surface area contributed by atoms with Crippen molar-refractivity contribution in [2.45, 2.75) is 18.4 Å². The molecule has 1 saturated heterocycles. The molecule has 0 aliphatic carbocycles. The molecule has 144 valence electrons. The molecule has 2 aliphatic rings. The normalized spacial score (nSPS) is 23.5. The summed E-state index contributed by atoms with van der Waals surface area (Å²) in [4.78, 5) is 41.4. The first-order valence-electron chi connectivity index (χ1n) is 8.76. The van der Waals surface area contributed by atoms with Gasteiger partial charge in [-0.2, -0.15) is 0 Å². The lowest BCUT2D eigenvalue weighted by Crippen LogP contribution is -2.38. The molecule has 0 radical (unpaired) electrons. The number of amides is 1. The van der Waals surface area contributed by atoms with Crippen LogP contribution in [0.1, 0.15) is 5.56 Å². The van der Waals surface area contributed by atoms with Gasteiger partial charge in [0, 0.05) is 19.7 Å². The Bertz CT molecular complexity index is 1260. The van der Waals surface area contributed by atoms with Gasteiger partial charge in [-0.05, 0) is 6.07 Å². The van der Waals surface area contributed by atoms with Crippen molar-refractivity contribution in [1.82, 2.24) is 18.7 Å².